The Hall–Kier alpha value is -2.93. The lowest BCUT2D eigenvalue weighted by Gasteiger charge is -2.18. The fraction of sp³-hybridized carbons (Fsp3) is 0.381. The van der Waals surface area contributed by atoms with Crippen LogP contribution in [0.1, 0.15) is 42.6 Å². The van der Waals surface area contributed by atoms with E-state index in [0.29, 0.717) is 29.6 Å². The fourth-order valence-electron chi connectivity index (χ4n) is 3.13. The summed E-state index contributed by atoms with van der Waals surface area (Å²) >= 11 is 0. The van der Waals surface area contributed by atoms with Crippen molar-refractivity contribution in [2.75, 3.05) is 11.9 Å². The van der Waals surface area contributed by atoms with E-state index in [0.717, 1.165) is 29.7 Å². The minimum Gasteiger partial charge on any atom is -0.389 e. The van der Waals surface area contributed by atoms with E-state index < -0.39 is 5.60 Å². The first-order valence-corrected chi connectivity index (χ1v) is 9.52. The summed E-state index contributed by atoms with van der Waals surface area (Å²) in [7, 11) is 0. The van der Waals surface area contributed by atoms with E-state index in [4.69, 9.17) is 0 Å². The topological polar surface area (TPSA) is 91.6 Å². The van der Waals surface area contributed by atoms with E-state index in [1.807, 2.05) is 35.7 Å². The number of imidazole rings is 1. The van der Waals surface area contributed by atoms with Crippen molar-refractivity contribution in [3.05, 3.63) is 47.9 Å². The maximum atomic E-state index is 12.4. The van der Waals surface area contributed by atoms with Crippen LogP contribution in [-0.4, -0.2) is 43.6 Å². The number of hydrogen-bond acceptors (Lipinski definition) is 5. The van der Waals surface area contributed by atoms with Crippen molar-refractivity contribution >= 4 is 17.4 Å². The molecule has 1 amide bonds. The van der Waals surface area contributed by atoms with Gasteiger partial charge in [-0.05, 0) is 51.3 Å². The highest BCUT2D eigenvalue weighted by molar-refractivity contribution is 5.96. The number of carbonyl (C=O) groups is 1. The first-order valence-electron chi connectivity index (χ1n) is 9.52. The van der Waals surface area contributed by atoms with Gasteiger partial charge in [0.15, 0.2) is 11.5 Å². The molecule has 28 heavy (non-hydrogen) atoms. The van der Waals surface area contributed by atoms with Crippen LogP contribution in [0.4, 0.5) is 5.82 Å². The van der Waals surface area contributed by atoms with Crippen molar-refractivity contribution in [1.82, 2.24) is 19.7 Å². The van der Waals surface area contributed by atoms with Gasteiger partial charge in [0.2, 0.25) is 0 Å². The quantitative estimate of drug-likeness (QED) is 0.613. The Labute approximate surface area is 163 Å². The lowest BCUT2D eigenvalue weighted by molar-refractivity contribution is 0.0939. The van der Waals surface area contributed by atoms with E-state index in [-0.39, 0.29) is 5.91 Å². The van der Waals surface area contributed by atoms with Gasteiger partial charge in [0.05, 0.1) is 17.5 Å². The number of carbonyl (C=O) groups excluding carboxylic acids is 1. The summed E-state index contributed by atoms with van der Waals surface area (Å²) in [5.74, 6) is 0.611. The highest BCUT2D eigenvalue weighted by atomic mass is 16.3. The lowest BCUT2D eigenvalue weighted by atomic mass is 10.0. The molecule has 0 bridgehead atoms. The molecule has 1 fully saturated rings. The molecule has 1 aliphatic carbocycles. The number of aryl methyl sites for hydroxylation is 1. The van der Waals surface area contributed by atoms with Gasteiger partial charge in [-0.15, -0.1) is 0 Å². The zero-order valence-electron chi connectivity index (χ0n) is 16.4. The number of benzene rings is 1. The Kier molecular flexibility index (Phi) is 4.55. The molecule has 2 aromatic heterocycles. The number of aliphatic hydroxyl groups is 1. The number of rotatable bonds is 6. The molecule has 7 nitrogen and oxygen atoms in total. The minimum atomic E-state index is -0.849. The van der Waals surface area contributed by atoms with Crippen LogP contribution >= 0.6 is 0 Å². The monoisotopic (exact) mass is 379 g/mol. The molecule has 2 heterocycles. The van der Waals surface area contributed by atoms with Gasteiger partial charge in [-0.25, -0.2) is 9.97 Å². The van der Waals surface area contributed by atoms with Gasteiger partial charge in [-0.3, -0.25) is 9.20 Å². The van der Waals surface area contributed by atoms with Gasteiger partial charge in [-0.1, -0.05) is 6.07 Å². The molecule has 146 valence electrons. The standard InChI is InChI=1S/C21H25N5O2/c1-13-10-14(4-7-16(13)20(27)25-15-5-6-15)17-11-23-19-18(22-8-9-26(17)19)24-12-21(2,3)28/h4,7-11,15,28H,5-6,12H2,1-3H3,(H,22,24)(H,25,27). The summed E-state index contributed by atoms with van der Waals surface area (Å²) in [4.78, 5) is 21.2. The van der Waals surface area contributed by atoms with Crippen molar-refractivity contribution in [3.8, 4) is 11.3 Å². The average Bonchev–Trinajstić information content (AvgIpc) is 3.34. The molecule has 1 aliphatic rings. The zero-order chi connectivity index (χ0) is 19.9. The summed E-state index contributed by atoms with van der Waals surface area (Å²) in [6.45, 7) is 5.79. The number of anilines is 1. The molecule has 0 spiro atoms. The Morgan fingerprint density at radius 3 is 2.79 bits per heavy atom. The van der Waals surface area contributed by atoms with Crippen LogP contribution in [0.25, 0.3) is 16.9 Å². The SMILES string of the molecule is Cc1cc(-c2cnc3c(NCC(C)(C)O)nccn23)ccc1C(=O)NC1CC1. The Bertz CT molecular complexity index is 1030. The number of amides is 1. The van der Waals surface area contributed by atoms with Crippen LogP contribution in [0.3, 0.4) is 0 Å². The molecule has 0 unspecified atom stereocenters. The molecular formula is C21H25N5O2. The van der Waals surface area contributed by atoms with Crippen LogP contribution in [0.15, 0.2) is 36.8 Å². The fourth-order valence-corrected chi connectivity index (χ4v) is 3.13. The van der Waals surface area contributed by atoms with E-state index in [1.54, 1.807) is 26.2 Å². The lowest BCUT2D eigenvalue weighted by Crippen LogP contribution is -2.29. The van der Waals surface area contributed by atoms with E-state index in [9.17, 15) is 9.90 Å². The number of nitrogens with one attached hydrogen (secondary N) is 2. The van der Waals surface area contributed by atoms with E-state index in [1.165, 1.54) is 0 Å². The number of nitrogens with zero attached hydrogens (tertiary/aromatic N) is 3. The first kappa shape index (κ1) is 18.4. The molecule has 1 aromatic carbocycles. The first-order chi connectivity index (χ1) is 13.3. The highest BCUT2D eigenvalue weighted by Gasteiger charge is 2.24. The number of aromatic nitrogens is 3. The Morgan fingerprint density at radius 1 is 1.32 bits per heavy atom. The maximum Gasteiger partial charge on any atom is 0.251 e. The predicted molar refractivity (Wildman–Crippen MR) is 108 cm³/mol. The predicted octanol–water partition coefficient (Wildman–Crippen LogP) is 2.78. The Balaban J connectivity index is 1.64. The summed E-state index contributed by atoms with van der Waals surface area (Å²) < 4.78 is 1.96. The number of hydrogen-bond donors (Lipinski definition) is 3. The van der Waals surface area contributed by atoms with Gasteiger partial charge in [0.1, 0.15) is 0 Å². The smallest absolute Gasteiger partial charge is 0.251 e. The largest absolute Gasteiger partial charge is 0.389 e. The van der Waals surface area contributed by atoms with Crippen molar-refractivity contribution in [2.45, 2.75) is 45.3 Å². The molecule has 7 heteroatoms. The maximum absolute atomic E-state index is 12.4. The summed E-state index contributed by atoms with van der Waals surface area (Å²) in [6, 6.07) is 6.17. The molecule has 0 aliphatic heterocycles. The van der Waals surface area contributed by atoms with Gasteiger partial charge in [0.25, 0.3) is 5.91 Å². The molecule has 0 atom stereocenters. The summed E-state index contributed by atoms with van der Waals surface area (Å²) in [6.07, 6.45) is 7.50. The minimum absolute atomic E-state index is 0.00741. The van der Waals surface area contributed by atoms with Crippen molar-refractivity contribution in [2.24, 2.45) is 0 Å². The summed E-state index contributed by atoms with van der Waals surface area (Å²) in [5.41, 5.74) is 3.37. The zero-order valence-corrected chi connectivity index (χ0v) is 16.4. The van der Waals surface area contributed by atoms with Crippen LogP contribution in [0.2, 0.25) is 0 Å². The molecule has 3 N–H and O–H groups in total. The van der Waals surface area contributed by atoms with Crippen molar-refractivity contribution in [1.29, 1.82) is 0 Å². The summed E-state index contributed by atoms with van der Waals surface area (Å²) in [5, 5.41) is 16.1. The average molecular weight is 379 g/mol. The van der Waals surface area contributed by atoms with E-state index in [2.05, 4.69) is 20.6 Å². The molecule has 4 rings (SSSR count). The van der Waals surface area contributed by atoms with Crippen molar-refractivity contribution < 1.29 is 9.90 Å². The van der Waals surface area contributed by atoms with E-state index >= 15 is 0 Å². The second kappa shape index (κ2) is 6.91. The normalized spacial score (nSPS) is 14.3. The van der Waals surface area contributed by atoms with Gasteiger partial charge in [0, 0.05) is 36.1 Å². The molecule has 0 radical (unpaired) electrons. The van der Waals surface area contributed by atoms with Crippen LogP contribution in [0, 0.1) is 6.92 Å². The second-order valence-electron chi connectivity index (χ2n) is 8.06. The highest BCUT2D eigenvalue weighted by Crippen LogP contribution is 2.26. The third-order valence-corrected chi connectivity index (χ3v) is 4.80. The molecule has 3 aromatic rings. The van der Waals surface area contributed by atoms with Gasteiger partial charge in [-0.2, -0.15) is 0 Å². The molecular weight excluding hydrogens is 354 g/mol. The van der Waals surface area contributed by atoms with Crippen LogP contribution in [0.5, 0.6) is 0 Å². The van der Waals surface area contributed by atoms with Crippen molar-refractivity contribution in [3.63, 3.8) is 0 Å². The van der Waals surface area contributed by atoms with Gasteiger partial charge < -0.3 is 15.7 Å². The van der Waals surface area contributed by atoms with Gasteiger partial charge >= 0.3 is 0 Å². The Morgan fingerprint density at radius 2 is 2.11 bits per heavy atom. The third-order valence-electron chi connectivity index (χ3n) is 4.80. The van der Waals surface area contributed by atoms with Crippen LogP contribution < -0.4 is 10.6 Å². The molecule has 1 saturated carbocycles. The molecule has 0 saturated heterocycles. The number of fused-ring (bicyclic) bond motifs is 1. The third kappa shape index (κ3) is 3.84. The second-order valence-corrected chi connectivity index (χ2v) is 8.06. The van der Waals surface area contributed by atoms with Crippen LogP contribution in [-0.2, 0) is 0 Å².